The number of aliphatic hydroxyl groups excluding tert-OH is 13. The predicted molar refractivity (Wildman–Crippen MR) is 488 cm³/mol. The molecule has 6 aliphatic carbocycles. The molecule has 18 rings (SSSR count). The highest BCUT2D eigenvalue weighted by Crippen LogP contribution is 2.68. The fourth-order valence-electron chi connectivity index (χ4n) is 24.6. The number of ether oxygens (including phenoxy) is 22. The lowest BCUT2D eigenvalue weighted by molar-refractivity contribution is -0.379. The molecule has 2 aromatic rings. The third-order valence-corrected chi connectivity index (χ3v) is 32.0. The van der Waals surface area contributed by atoms with Gasteiger partial charge in [-0.2, -0.15) is 0 Å². The molecule has 2 spiro atoms. The molecule has 21 N–H and O–H groups in total. The zero-order valence-electron chi connectivity index (χ0n) is 82.4. The van der Waals surface area contributed by atoms with E-state index in [0.29, 0.717) is 75.4 Å². The maximum absolute atomic E-state index is 13.8. The van der Waals surface area contributed by atoms with Crippen molar-refractivity contribution in [2.75, 3.05) is 127 Å². The normalized spacial score (nSPS) is 40.4. The van der Waals surface area contributed by atoms with Gasteiger partial charge in [-0.1, -0.05) is 12.1 Å². The van der Waals surface area contributed by atoms with Crippen molar-refractivity contribution in [2.24, 2.45) is 17.6 Å². The van der Waals surface area contributed by atoms with Gasteiger partial charge in [0.25, 0.3) is 0 Å². The first-order valence-electron chi connectivity index (χ1n) is 50.5. The summed E-state index contributed by atoms with van der Waals surface area (Å²) in [5.41, 5.74) is 5.19. The summed E-state index contributed by atoms with van der Waals surface area (Å²) in [6.07, 6.45) is -37.5. The van der Waals surface area contributed by atoms with Crippen LogP contribution in [0.5, 0.6) is 23.0 Å². The highest BCUT2D eigenvalue weighted by atomic mass is 16.8. The topological polar surface area (TPSA) is 732 Å². The fraction of sp³-hybridized carbons (Fsp3) is 0.792. The Morgan fingerprint density at radius 3 is 1.55 bits per heavy atom. The molecule has 828 valence electrons. The number of hydrogen-bond acceptors (Lipinski definition) is 48. The molecule has 0 aromatic heterocycles. The number of methoxy groups -OCH3 is 4. The number of likely N-dealkylation sites (tertiary alicyclic amines) is 2. The number of carboxylic acids is 1. The number of phenols is 1. The van der Waals surface area contributed by atoms with E-state index < -0.39 is 307 Å². The number of amides is 3. The Balaban J connectivity index is 0.000000202. The molecule has 12 fully saturated rings. The maximum atomic E-state index is 13.8. The molecule has 8 saturated heterocycles. The van der Waals surface area contributed by atoms with Crippen LogP contribution < -0.4 is 35.9 Å². The van der Waals surface area contributed by atoms with Gasteiger partial charge in [-0.25, -0.2) is 14.4 Å². The monoisotopic (exact) mass is 2110 g/mol. The van der Waals surface area contributed by atoms with Crippen LogP contribution in [0.3, 0.4) is 0 Å². The lowest BCUT2D eigenvalue weighted by atomic mass is 9.48. The summed E-state index contributed by atoms with van der Waals surface area (Å²) in [5.74, 6) is -1.86. The number of rotatable bonds is 41. The van der Waals surface area contributed by atoms with Gasteiger partial charge in [0.05, 0.1) is 81.3 Å². The van der Waals surface area contributed by atoms with Gasteiger partial charge in [-0.05, 0) is 132 Å². The van der Waals surface area contributed by atoms with E-state index in [1.807, 2.05) is 12.1 Å². The number of aliphatic hydroxyl groups is 14. The lowest BCUT2D eigenvalue weighted by Gasteiger charge is -2.63. The molecule has 0 radical (unpaired) electrons. The summed E-state index contributed by atoms with van der Waals surface area (Å²) in [6, 6.07) is 2.43. The van der Waals surface area contributed by atoms with E-state index in [2.05, 4.69) is 25.8 Å². The summed E-state index contributed by atoms with van der Waals surface area (Å²) < 4.78 is 126. The second-order valence-electron chi connectivity index (χ2n) is 40.9. The minimum atomic E-state index is -2.04. The number of phenolic OH excluding ortho intramolecular Hbond substituents is 1. The summed E-state index contributed by atoms with van der Waals surface area (Å²) in [6.45, 7) is -1.81. The summed E-state index contributed by atoms with van der Waals surface area (Å²) in [5, 5.41) is 182. The van der Waals surface area contributed by atoms with Crippen LogP contribution in [0.2, 0.25) is 0 Å². The molecule has 4 bridgehead atoms. The Morgan fingerprint density at radius 2 is 0.959 bits per heavy atom. The van der Waals surface area contributed by atoms with Gasteiger partial charge in [-0.3, -0.25) is 33.8 Å². The number of hydrogen-bond donors (Lipinski definition) is 20. The van der Waals surface area contributed by atoms with Crippen LogP contribution in [0.15, 0.2) is 24.3 Å². The van der Waals surface area contributed by atoms with E-state index >= 15 is 0 Å². The molecule has 2 aromatic carbocycles. The zero-order valence-corrected chi connectivity index (χ0v) is 82.4. The van der Waals surface area contributed by atoms with Crippen molar-refractivity contribution in [2.45, 2.75) is 340 Å². The van der Waals surface area contributed by atoms with Crippen molar-refractivity contribution < 1.29 is 224 Å². The Hall–Kier alpha value is -7.72. The van der Waals surface area contributed by atoms with Gasteiger partial charge in [0, 0.05) is 84.9 Å². The predicted octanol–water partition coefficient (Wildman–Crippen LogP) is -7.44. The SMILES string of the molecule is COC1OC(COCC(=O)O)C(OC2OC(COCC(=O)NCCOC(=O)Oc3ccc4c5c3O[C@H]3C(=O)CC[C@@]6(O)[C@@H](C4)N(CC4CC4)CC[C@]536)C(OC3OC(CO)C(OC)C(O)C3O)C(O)C2O)C(O)C1O.CO[C@@H]1OC(CO)[C@@H](O[C@@H]2OC(CO)[C@@H](O[C@@H]3OC(CO)[C@@H](OC)[C@H](O)C3NC(C)=O)[C@H](O)C2NC(=O)CCCCCOC(=O)O[C@@]23CCC(=O)[C@@H]4Oc5c(O)ccc6c5[C@@]42CCN(CC2CC2)[C@@H]3C6)[C@H](O)C1N. The van der Waals surface area contributed by atoms with E-state index in [1.165, 1.54) is 48.2 Å². The smallest absolute Gasteiger partial charge is 0.504 e. The summed E-state index contributed by atoms with van der Waals surface area (Å²) in [4.78, 5) is 109. The molecule has 3 amide bonds. The number of aromatic hydroxyl groups is 1. The van der Waals surface area contributed by atoms with Crippen molar-refractivity contribution >= 4 is 47.6 Å². The van der Waals surface area contributed by atoms with Gasteiger partial charge in [0.2, 0.25) is 17.7 Å². The van der Waals surface area contributed by atoms with E-state index in [1.54, 1.807) is 12.1 Å². The molecule has 52 nitrogen and oxygen atoms in total. The number of carboxylic acid groups (broad SMARTS) is 1. The highest BCUT2D eigenvalue weighted by molar-refractivity contribution is 5.91. The average molecular weight is 2110 g/mol. The van der Waals surface area contributed by atoms with Crippen LogP contribution in [-0.2, 0) is 142 Å². The van der Waals surface area contributed by atoms with Crippen molar-refractivity contribution in [3.05, 3.63) is 46.5 Å². The van der Waals surface area contributed by atoms with Crippen molar-refractivity contribution in [1.29, 1.82) is 0 Å². The molecule has 38 atom stereocenters. The number of carbonyl (C=O) groups is 8. The molecule has 10 heterocycles. The fourth-order valence-corrected chi connectivity index (χ4v) is 24.6. The zero-order chi connectivity index (χ0) is 106. The van der Waals surface area contributed by atoms with E-state index in [4.69, 9.17) is 115 Å². The maximum Gasteiger partial charge on any atom is 0.514 e. The Kier molecular flexibility index (Phi) is 35.3. The first-order chi connectivity index (χ1) is 71.0. The number of aliphatic carboxylic acids is 1. The van der Waals surface area contributed by atoms with Gasteiger partial charge in [0.15, 0.2) is 84.5 Å². The van der Waals surface area contributed by atoms with Crippen LogP contribution in [0.1, 0.15) is 119 Å². The van der Waals surface area contributed by atoms with Crippen LogP contribution >= 0.6 is 0 Å². The number of Topliss-reactive ketones (excluding diaryl/α,β-unsaturated/α-hetero) is 2. The number of nitrogens with zero attached hydrogens (tertiary/aromatic N) is 2. The van der Waals surface area contributed by atoms with E-state index in [0.717, 1.165) is 42.6 Å². The minimum Gasteiger partial charge on any atom is -0.504 e. The van der Waals surface area contributed by atoms with E-state index in [9.17, 15) is 115 Å². The van der Waals surface area contributed by atoms with E-state index in [-0.39, 0.29) is 98.5 Å². The standard InChI is InChI=1S/C49H72N4O21.C47H66N2O25/c1-22(57)51-34-37(62)40(65-2)27(19-54)69-45(34)73-42-29(21-56)70-46(72-41-28(20-55)68-44(66-3)33(50)36(41)61)35(38(42)63)52-31(60)7-5-4-6-16-67-47(64)74-49-13-12-26(59)43-48(49)14-15-53(18-23-8-9-23)30(49)17-24-10-11-25(58)39(71-43)32(24)48;1-63-38-24(15-50)68-43(35(59)31(38)55)73-40-26(70-44(36(60)33(40)57)74-39-25(17-66-19-29(53)54)69-42(64-2)34(58)32(39)56)16-65-18-28(52)48-10-12-67-45(61)71-23-6-5-21-13-27-47(62)8-7-22(51)41-46(47,30(21)37(23)72-41)9-11-49(27)14-20-3-4-20/h10-11,23,27-30,33-38,40-46,54-56,58,61-63H,4-9,12-21,50H2,1-3H3,(H,51,57)(H,52,60);5-6,20,24-27,31-36,38-44,50,55-60,62H,3-4,7-19H2,1-2H3,(H,48,52)(H,53,54)/t27?,28?,29?,30-,33?,34?,35?,36-,37-,38-,40-,41-,42-,43+,44-,45+,46+,48+,49-;24?,25?,26?,27-,31?,32?,33?,34?,35?,36?,38?,39?,40?,41+,42?,43?,44?,46+,47-/m11/s1. The van der Waals surface area contributed by atoms with Crippen molar-refractivity contribution in [3.63, 3.8) is 0 Å². The van der Waals surface area contributed by atoms with Crippen molar-refractivity contribution in [1.82, 2.24) is 25.8 Å². The summed E-state index contributed by atoms with van der Waals surface area (Å²) >= 11 is 0. The molecular weight excluding hydrogens is 1970 g/mol. The largest absolute Gasteiger partial charge is 0.514 e. The average Bonchev–Trinajstić information content (AvgIpc) is 1.51. The molecule has 4 saturated carbocycles. The number of unbranched alkanes of at least 4 members (excludes halogenated alkanes) is 2. The quantitative estimate of drug-likeness (QED) is 0.0167. The van der Waals surface area contributed by atoms with Gasteiger partial charge >= 0.3 is 18.3 Å². The number of ketones is 2. The third kappa shape index (κ3) is 21.6. The highest BCUT2D eigenvalue weighted by Gasteiger charge is 2.77. The second-order valence-corrected chi connectivity index (χ2v) is 40.9. The Bertz CT molecular complexity index is 4970. The lowest BCUT2D eigenvalue weighted by Crippen LogP contribution is -2.77. The molecule has 52 heteroatoms. The van der Waals surface area contributed by atoms with Crippen LogP contribution in [-0.4, -0.2) is 486 Å². The number of piperidine rings is 2. The minimum absolute atomic E-state index is 0.0275. The molecule has 16 aliphatic rings. The molecule has 10 aliphatic heterocycles. The molecule has 148 heavy (non-hydrogen) atoms. The van der Waals surface area contributed by atoms with Gasteiger partial charge in [-0.15, -0.1) is 0 Å². The first-order valence-corrected chi connectivity index (χ1v) is 50.5. The molecular formula is C96H138N6O46. The van der Waals surface area contributed by atoms with Crippen LogP contribution in [0.25, 0.3) is 0 Å². The second kappa shape index (κ2) is 46.9. The Morgan fingerprint density at radius 1 is 0.486 bits per heavy atom. The third-order valence-electron chi connectivity index (χ3n) is 32.0. The number of nitrogens with two attached hydrogens (primary N) is 1. The van der Waals surface area contributed by atoms with Gasteiger partial charge in [0.1, 0.15) is 166 Å². The number of nitrogens with one attached hydrogen (secondary N) is 3. The molecule has 21 unspecified atom stereocenters. The number of benzene rings is 2. The van der Waals surface area contributed by atoms with Gasteiger partial charge < -0.3 is 208 Å². The van der Waals surface area contributed by atoms with Crippen LogP contribution in [0, 0.1) is 11.8 Å². The summed E-state index contributed by atoms with van der Waals surface area (Å²) in [7, 11) is 4.95. The Labute approximate surface area is 848 Å². The first kappa shape index (κ1) is 111. The van der Waals surface area contributed by atoms with Crippen molar-refractivity contribution in [3.8, 4) is 23.0 Å². The number of carbonyl (C=O) groups excluding carboxylic acids is 7. The van der Waals surface area contributed by atoms with Crippen LogP contribution in [0.4, 0.5) is 9.59 Å².